The minimum absolute atomic E-state index is 0. The first-order valence-electron chi connectivity index (χ1n) is 15.5. The maximum absolute atomic E-state index is 5.08. The van der Waals surface area contributed by atoms with Crippen LogP contribution in [0.5, 0.6) is 0 Å². The van der Waals surface area contributed by atoms with Gasteiger partial charge in [-0.15, -0.1) is 65.2 Å². The number of aryl methyl sites for hydroxylation is 3. The van der Waals surface area contributed by atoms with E-state index in [1.165, 1.54) is 10.9 Å². The maximum atomic E-state index is 5.08. The summed E-state index contributed by atoms with van der Waals surface area (Å²) in [6.45, 7) is 6.27. The van der Waals surface area contributed by atoms with E-state index in [2.05, 4.69) is 84.3 Å². The fourth-order valence-corrected chi connectivity index (χ4v) is 5.66. The average Bonchev–Trinajstić information content (AvgIpc) is 3.13. The van der Waals surface area contributed by atoms with Gasteiger partial charge in [-0.25, -0.2) is 4.98 Å². The monoisotopic (exact) mass is 798 g/mol. The molecule has 235 valence electrons. The van der Waals surface area contributed by atoms with Gasteiger partial charge in [-0.2, -0.15) is 0 Å². The Morgan fingerprint density at radius 2 is 1.23 bits per heavy atom. The molecule has 0 spiro atoms. The van der Waals surface area contributed by atoms with Crippen LogP contribution in [0, 0.1) is 32.9 Å². The van der Waals surface area contributed by atoms with Crippen LogP contribution in [-0.2, 0) is 20.1 Å². The maximum Gasteiger partial charge on any atom is 0.0899 e. The first-order chi connectivity index (χ1) is 23.0. The fourth-order valence-electron chi connectivity index (χ4n) is 5.66. The average molecular weight is 798 g/mol. The molecule has 4 aromatic heterocycles. The van der Waals surface area contributed by atoms with E-state index < -0.39 is 0 Å². The van der Waals surface area contributed by atoms with Gasteiger partial charge < -0.3 is 9.97 Å². The van der Waals surface area contributed by atoms with Gasteiger partial charge >= 0.3 is 0 Å². The Morgan fingerprint density at radius 3 is 1.94 bits per heavy atom. The molecule has 4 heterocycles. The molecule has 0 unspecified atom stereocenters. The quantitative estimate of drug-likeness (QED) is 0.131. The van der Waals surface area contributed by atoms with Crippen LogP contribution in [-0.4, -0.2) is 24.9 Å². The molecule has 1 radical (unpaired) electrons. The van der Waals surface area contributed by atoms with Crippen LogP contribution in [0.25, 0.3) is 66.7 Å². The van der Waals surface area contributed by atoms with E-state index in [4.69, 9.17) is 9.97 Å². The van der Waals surface area contributed by atoms with E-state index in [9.17, 15) is 0 Å². The van der Waals surface area contributed by atoms with Gasteiger partial charge in [0.2, 0.25) is 0 Å². The number of fused-ring (bicyclic) bond motifs is 3. The second kappa shape index (κ2) is 14.6. The van der Waals surface area contributed by atoms with E-state index in [0.29, 0.717) is 0 Å². The van der Waals surface area contributed by atoms with Gasteiger partial charge in [-0.05, 0) is 65.8 Å². The third kappa shape index (κ3) is 6.96. The summed E-state index contributed by atoms with van der Waals surface area (Å²) in [5.74, 6) is 0. The molecule has 0 aliphatic carbocycles. The number of hydrogen-bond donors (Lipinski definition) is 0. The third-order valence-electron chi connectivity index (χ3n) is 8.03. The molecule has 0 atom stereocenters. The third-order valence-corrected chi connectivity index (χ3v) is 8.03. The normalized spacial score (nSPS) is 10.6. The number of hydrogen-bond acceptors (Lipinski definition) is 5. The van der Waals surface area contributed by atoms with Crippen molar-refractivity contribution in [1.29, 1.82) is 0 Å². The van der Waals surface area contributed by atoms with Crippen LogP contribution in [0.3, 0.4) is 0 Å². The van der Waals surface area contributed by atoms with Crippen LogP contribution in [0.4, 0.5) is 0 Å². The summed E-state index contributed by atoms with van der Waals surface area (Å²) in [7, 11) is 0. The van der Waals surface area contributed by atoms with Crippen LogP contribution in [0.15, 0.2) is 134 Å². The second-order valence-electron chi connectivity index (χ2n) is 11.5. The zero-order valence-corrected chi connectivity index (χ0v) is 29.2. The molecule has 8 rings (SSSR count). The number of rotatable bonds is 4. The molecule has 0 N–H and O–H groups in total. The van der Waals surface area contributed by atoms with Crippen molar-refractivity contribution < 1.29 is 20.1 Å². The summed E-state index contributed by atoms with van der Waals surface area (Å²) in [6, 6.07) is 41.0. The summed E-state index contributed by atoms with van der Waals surface area (Å²) < 4.78 is 0. The largest absolute Gasteiger partial charge is 0.305 e. The zero-order valence-electron chi connectivity index (χ0n) is 26.8. The van der Waals surface area contributed by atoms with Gasteiger partial charge in [0, 0.05) is 49.6 Å². The number of benzene rings is 4. The van der Waals surface area contributed by atoms with Gasteiger partial charge in [0.15, 0.2) is 0 Å². The molecule has 0 fully saturated rings. The molecule has 0 aliphatic heterocycles. The minimum Gasteiger partial charge on any atom is -0.305 e. The molecule has 8 aromatic rings. The van der Waals surface area contributed by atoms with Crippen molar-refractivity contribution in [2.75, 3.05) is 0 Å². The summed E-state index contributed by atoms with van der Waals surface area (Å²) in [4.78, 5) is 23.1. The second-order valence-corrected chi connectivity index (χ2v) is 11.5. The standard InChI is InChI=1S/C31H23N4.C11H8N.Ir/c1-19-7-10-23-25(12-19)26-13-20(2)16-34-29(26)15-27(23)31-18-32-17-30(35-31)24-14-22(9-8-21(24)3)28-6-4-5-11-33-28;1-2-6-10(7-3-1)11-8-4-5-9-12-11;/h4-8,10-18H,1-3H3;1-6,8-9H;/q2*-1;. The molecule has 0 aliphatic rings. The number of pyridine rings is 3. The SMILES string of the molecule is Cc1cnc2cc(-c3cncc(-c4cc(-c5ccccn5)[c-]cc4C)n3)c3ccc(C)cc3c2c1.[Ir].[c-]1ccccc1-c1ccccn1. The molecule has 6 heteroatoms. The summed E-state index contributed by atoms with van der Waals surface area (Å²) >= 11 is 0. The molecular formula is C42H31IrN5-2. The number of nitrogens with zero attached hydrogens (tertiary/aromatic N) is 5. The van der Waals surface area contributed by atoms with Gasteiger partial charge in [-0.3, -0.25) is 9.97 Å². The van der Waals surface area contributed by atoms with Crippen LogP contribution in [0.1, 0.15) is 16.7 Å². The Kier molecular flexibility index (Phi) is 9.86. The predicted molar refractivity (Wildman–Crippen MR) is 190 cm³/mol. The number of aromatic nitrogens is 5. The Hall–Kier alpha value is -5.42. The van der Waals surface area contributed by atoms with E-state index in [-0.39, 0.29) is 20.1 Å². The molecular weight excluding hydrogens is 767 g/mol. The topological polar surface area (TPSA) is 64.5 Å². The molecule has 0 saturated heterocycles. The van der Waals surface area contributed by atoms with Crippen LogP contribution < -0.4 is 0 Å². The van der Waals surface area contributed by atoms with Gasteiger partial charge in [0.05, 0.1) is 29.3 Å². The van der Waals surface area contributed by atoms with E-state index in [1.807, 2.05) is 85.3 Å². The van der Waals surface area contributed by atoms with Crippen molar-refractivity contribution in [2.24, 2.45) is 0 Å². The fraction of sp³-hybridized carbons (Fsp3) is 0.0714. The van der Waals surface area contributed by atoms with Crippen LogP contribution in [0.2, 0.25) is 0 Å². The molecule has 48 heavy (non-hydrogen) atoms. The first-order valence-corrected chi connectivity index (χ1v) is 15.5. The molecule has 5 nitrogen and oxygen atoms in total. The van der Waals surface area contributed by atoms with Gasteiger partial charge in [0.1, 0.15) is 0 Å². The molecule has 4 aromatic carbocycles. The molecule has 0 saturated carbocycles. The molecule has 0 amide bonds. The Morgan fingerprint density at radius 1 is 0.521 bits per heavy atom. The Labute approximate surface area is 294 Å². The minimum atomic E-state index is 0. The Bertz CT molecular complexity index is 2290. The molecule has 0 bridgehead atoms. The zero-order chi connectivity index (χ0) is 32.2. The Balaban J connectivity index is 0.000000260. The summed E-state index contributed by atoms with van der Waals surface area (Å²) in [6.07, 6.45) is 9.16. The van der Waals surface area contributed by atoms with E-state index in [0.717, 1.165) is 72.4 Å². The van der Waals surface area contributed by atoms with Gasteiger partial charge in [0.25, 0.3) is 0 Å². The summed E-state index contributed by atoms with van der Waals surface area (Å²) in [5.41, 5.74) is 11.9. The smallest absolute Gasteiger partial charge is 0.0899 e. The van der Waals surface area contributed by atoms with Crippen molar-refractivity contribution in [3.63, 3.8) is 0 Å². The van der Waals surface area contributed by atoms with E-state index >= 15 is 0 Å². The van der Waals surface area contributed by atoms with Crippen molar-refractivity contribution in [2.45, 2.75) is 20.8 Å². The summed E-state index contributed by atoms with van der Waals surface area (Å²) in [5, 5.41) is 3.49. The van der Waals surface area contributed by atoms with Crippen molar-refractivity contribution in [3.8, 4) is 45.0 Å². The van der Waals surface area contributed by atoms with Crippen molar-refractivity contribution in [3.05, 3.63) is 163 Å². The van der Waals surface area contributed by atoms with Crippen molar-refractivity contribution >= 4 is 21.7 Å². The van der Waals surface area contributed by atoms with Crippen LogP contribution >= 0.6 is 0 Å². The van der Waals surface area contributed by atoms with Gasteiger partial charge in [-0.1, -0.05) is 60.5 Å². The van der Waals surface area contributed by atoms with Crippen molar-refractivity contribution in [1.82, 2.24) is 24.9 Å². The first kappa shape index (κ1) is 32.5. The predicted octanol–water partition coefficient (Wildman–Crippen LogP) is 9.85. The van der Waals surface area contributed by atoms with E-state index in [1.54, 1.807) is 12.4 Å².